The maximum Gasteiger partial charge on any atom is 0.260 e. The van der Waals surface area contributed by atoms with Crippen LogP contribution in [0.4, 0.5) is 8.78 Å². The lowest BCUT2D eigenvalue weighted by atomic mass is 9.83. The molecule has 4 nitrogen and oxygen atoms in total. The Labute approximate surface area is 116 Å². The third kappa shape index (κ3) is 1.74. The van der Waals surface area contributed by atoms with Crippen LogP contribution in [0.15, 0.2) is 24.5 Å². The molecule has 0 bridgehead atoms. The molecule has 108 valence electrons. The molecular formula is C14H17F2N3O. The number of hydrogen-bond acceptors (Lipinski definition) is 3. The fraction of sp³-hybridized carbons (Fsp3) is 0.571. The molecule has 20 heavy (non-hydrogen) atoms. The summed E-state index contributed by atoms with van der Waals surface area (Å²) >= 11 is 0. The smallest absolute Gasteiger partial charge is 0.260 e. The van der Waals surface area contributed by atoms with E-state index >= 15 is 0 Å². The number of amides is 1. The molecule has 2 saturated heterocycles. The molecular weight excluding hydrogens is 264 g/mol. The number of carbonyl (C=O) groups is 1. The number of hydrazine groups is 1. The van der Waals surface area contributed by atoms with Gasteiger partial charge in [0.2, 0.25) is 0 Å². The zero-order chi connectivity index (χ0) is 14.5. The SMILES string of the molecule is CC(F)(F)C1(C)CN2CCC(c3cccnc3)N2C1=O. The van der Waals surface area contributed by atoms with E-state index in [0.29, 0.717) is 6.54 Å². The number of halogens is 2. The van der Waals surface area contributed by atoms with Crippen molar-refractivity contribution in [3.05, 3.63) is 30.1 Å². The highest BCUT2D eigenvalue weighted by Crippen LogP contribution is 2.48. The highest BCUT2D eigenvalue weighted by atomic mass is 19.3. The molecule has 6 heteroatoms. The molecule has 1 amide bonds. The van der Waals surface area contributed by atoms with E-state index in [2.05, 4.69) is 4.98 Å². The summed E-state index contributed by atoms with van der Waals surface area (Å²) in [7, 11) is 0. The second-order valence-electron chi connectivity index (χ2n) is 5.85. The molecule has 2 aliphatic heterocycles. The summed E-state index contributed by atoms with van der Waals surface area (Å²) in [6.07, 6.45) is 4.11. The first-order valence-electron chi connectivity index (χ1n) is 6.71. The van der Waals surface area contributed by atoms with Crippen LogP contribution in [0.5, 0.6) is 0 Å². The van der Waals surface area contributed by atoms with Crippen molar-refractivity contribution in [3.63, 3.8) is 0 Å². The highest BCUT2D eigenvalue weighted by molar-refractivity contribution is 5.86. The van der Waals surface area contributed by atoms with E-state index in [0.717, 1.165) is 18.9 Å². The third-order valence-electron chi connectivity index (χ3n) is 4.48. The average Bonchev–Trinajstić information content (AvgIpc) is 2.90. The number of fused-ring (bicyclic) bond motifs is 1. The molecule has 3 heterocycles. The fourth-order valence-electron chi connectivity index (χ4n) is 3.02. The third-order valence-corrected chi connectivity index (χ3v) is 4.48. The fourth-order valence-corrected chi connectivity index (χ4v) is 3.02. The molecule has 1 aromatic rings. The second kappa shape index (κ2) is 4.22. The van der Waals surface area contributed by atoms with E-state index in [1.54, 1.807) is 23.5 Å². The monoisotopic (exact) mass is 281 g/mol. The number of nitrogens with zero attached hydrogens (tertiary/aromatic N) is 3. The minimum absolute atomic E-state index is 0.0755. The van der Waals surface area contributed by atoms with Crippen molar-refractivity contribution in [1.82, 2.24) is 15.0 Å². The van der Waals surface area contributed by atoms with E-state index in [-0.39, 0.29) is 12.6 Å². The number of rotatable bonds is 2. The maximum atomic E-state index is 13.8. The standard InChI is InChI=1S/C14H17F2N3O/c1-13(14(2,15)16)9-18-7-5-11(19(18)12(13)20)10-4-3-6-17-8-10/h3-4,6,8,11H,5,7,9H2,1-2H3. The number of pyridine rings is 1. The molecule has 0 aliphatic carbocycles. The highest BCUT2D eigenvalue weighted by Gasteiger charge is 2.62. The Bertz CT molecular complexity index is 531. The van der Waals surface area contributed by atoms with Crippen LogP contribution in [0.25, 0.3) is 0 Å². The number of alkyl halides is 2. The summed E-state index contributed by atoms with van der Waals surface area (Å²) in [6, 6.07) is 3.50. The predicted molar refractivity (Wildman–Crippen MR) is 68.7 cm³/mol. The Morgan fingerprint density at radius 1 is 1.50 bits per heavy atom. The number of hydrogen-bond donors (Lipinski definition) is 0. The normalized spacial score (nSPS) is 30.9. The van der Waals surface area contributed by atoms with E-state index in [9.17, 15) is 13.6 Å². The van der Waals surface area contributed by atoms with Crippen LogP contribution in [-0.4, -0.2) is 39.9 Å². The van der Waals surface area contributed by atoms with Crippen LogP contribution in [0.1, 0.15) is 31.9 Å². The number of carbonyl (C=O) groups excluding carboxylic acids is 1. The van der Waals surface area contributed by atoms with Crippen molar-refractivity contribution >= 4 is 5.91 Å². The van der Waals surface area contributed by atoms with Gasteiger partial charge in [0.15, 0.2) is 0 Å². The van der Waals surface area contributed by atoms with Crippen LogP contribution in [0.3, 0.4) is 0 Å². The van der Waals surface area contributed by atoms with Gasteiger partial charge in [0, 0.05) is 32.4 Å². The molecule has 0 aromatic carbocycles. The Hall–Kier alpha value is -1.56. The number of aromatic nitrogens is 1. The quantitative estimate of drug-likeness (QED) is 0.834. The van der Waals surface area contributed by atoms with Gasteiger partial charge in [-0.15, -0.1) is 0 Å². The van der Waals surface area contributed by atoms with E-state index in [4.69, 9.17) is 0 Å². The zero-order valence-corrected chi connectivity index (χ0v) is 11.5. The van der Waals surface area contributed by atoms with Crippen molar-refractivity contribution in [2.45, 2.75) is 32.2 Å². The molecule has 2 fully saturated rings. The summed E-state index contributed by atoms with van der Waals surface area (Å²) in [5.74, 6) is -3.52. The summed E-state index contributed by atoms with van der Waals surface area (Å²) in [4.78, 5) is 16.6. The first-order chi connectivity index (χ1) is 9.34. The minimum Gasteiger partial charge on any atom is -0.272 e. The molecule has 3 rings (SSSR count). The van der Waals surface area contributed by atoms with Gasteiger partial charge >= 0.3 is 0 Å². The zero-order valence-electron chi connectivity index (χ0n) is 11.5. The van der Waals surface area contributed by atoms with E-state index in [1.165, 1.54) is 11.9 Å². The summed E-state index contributed by atoms with van der Waals surface area (Å²) < 4.78 is 27.6. The predicted octanol–water partition coefficient (Wildman–Crippen LogP) is 2.25. The van der Waals surface area contributed by atoms with Crippen molar-refractivity contribution in [1.29, 1.82) is 0 Å². The van der Waals surface area contributed by atoms with Crippen molar-refractivity contribution in [2.24, 2.45) is 5.41 Å². The lowest BCUT2D eigenvalue weighted by Gasteiger charge is -2.29. The molecule has 0 radical (unpaired) electrons. The molecule has 0 saturated carbocycles. The van der Waals surface area contributed by atoms with Gasteiger partial charge in [-0.2, -0.15) is 0 Å². The van der Waals surface area contributed by atoms with Gasteiger partial charge < -0.3 is 0 Å². The Morgan fingerprint density at radius 3 is 2.85 bits per heavy atom. The van der Waals surface area contributed by atoms with Gasteiger partial charge in [-0.25, -0.2) is 13.8 Å². The molecule has 0 N–H and O–H groups in total. The van der Waals surface area contributed by atoms with Gasteiger partial charge in [0.25, 0.3) is 11.8 Å². The Morgan fingerprint density at radius 2 is 2.25 bits per heavy atom. The summed E-state index contributed by atoms with van der Waals surface area (Å²) in [6.45, 7) is 2.88. The minimum atomic E-state index is -3.03. The van der Waals surface area contributed by atoms with Crippen molar-refractivity contribution < 1.29 is 13.6 Å². The molecule has 2 unspecified atom stereocenters. The first kappa shape index (κ1) is 13.4. The lowest BCUT2D eigenvalue weighted by Crippen LogP contribution is -2.45. The van der Waals surface area contributed by atoms with Crippen molar-refractivity contribution in [3.8, 4) is 0 Å². The van der Waals surface area contributed by atoms with Crippen LogP contribution >= 0.6 is 0 Å². The maximum absolute atomic E-state index is 13.8. The van der Waals surface area contributed by atoms with Crippen LogP contribution < -0.4 is 0 Å². The summed E-state index contributed by atoms with van der Waals surface area (Å²) in [5.41, 5.74) is -0.750. The van der Waals surface area contributed by atoms with Gasteiger partial charge in [-0.1, -0.05) is 6.07 Å². The topological polar surface area (TPSA) is 36.4 Å². The molecule has 1 aromatic heterocycles. The van der Waals surface area contributed by atoms with Gasteiger partial charge in [-0.3, -0.25) is 14.8 Å². The largest absolute Gasteiger partial charge is 0.272 e. The lowest BCUT2D eigenvalue weighted by molar-refractivity contribution is -0.156. The van der Waals surface area contributed by atoms with E-state index < -0.39 is 17.2 Å². The van der Waals surface area contributed by atoms with Crippen LogP contribution in [-0.2, 0) is 4.79 Å². The van der Waals surface area contributed by atoms with Crippen molar-refractivity contribution in [2.75, 3.05) is 13.1 Å². The second-order valence-corrected chi connectivity index (χ2v) is 5.85. The van der Waals surface area contributed by atoms with Crippen LogP contribution in [0, 0.1) is 5.41 Å². The molecule has 2 aliphatic rings. The molecule has 2 atom stereocenters. The molecule has 0 spiro atoms. The Kier molecular flexibility index (Phi) is 2.83. The summed E-state index contributed by atoms with van der Waals surface area (Å²) in [5, 5.41) is 3.26. The average molecular weight is 281 g/mol. The Balaban J connectivity index is 1.94. The van der Waals surface area contributed by atoms with Gasteiger partial charge in [-0.05, 0) is 25.0 Å². The van der Waals surface area contributed by atoms with E-state index in [1.807, 2.05) is 6.07 Å². The van der Waals surface area contributed by atoms with Crippen LogP contribution in [0.2, 0.25) is 0 Å². The van der Waals surface area contributed by atoms with Gasteiger partial charge in [0.1, 0.15) is 5.41 Å². The first-order valence-corrected chi connectivity index (χ1v) is 6.71. The van der Waals surface area contributed by atoms with Gasteiger partial charge in [0.05, 0.1) is 6.04 Å².